The molecule has 0 aliphatic rings. The second-order valence-corrected chi connectivity index (χ2v) is 8.87. The first kappa shape index (κ1) is 17.6. The van der Waals surface area contributed by atoms with Crippen molar-refractivity contribution in [2.45, 2.75) is 0 Å². The molecule has 0 N–H and O–H groups in total. The maximum absolute atomic E-state index is 3.53. The summed E-state index contributed by atoms with van der Waals surface area (Å²) in [6, 6.07) is 32.2. The molecule has 0 aliphatic heterocycles. The molecule has 0 fully saturated rings. The minimum Gasteiger partial charge on any atom is -0.0622 e. The lowest BCUT2D eigenvalue weighted by molar-refractivity contribution is 1.61. The zero-order valence-corrected chi connectivity index (χ0v) is 17.8. The van der Waals surface area contributed by atoms with E-state index in [0.717, 1.165) is 8.95 Å². The van der Waals surface area contributed by atoms with Crippen molar-refractivity contribution in [1.82, 2.24) is 0 Å². The van der Waals surface area contributed by atoms with Gasteiger partial charge in [0, 0.05) is 32.2 Å². The topological polar surface area (TPSA) is 0 Å². The largest absolute Gasteiger partial charge is 0.239 e. The fraction of sp³-hybridized carbons (Fsp3) is 0. The van der Waals surface area contributed by atoms with E-state index in [4.69, 9.17) is 0 Å². The van der Waals surface area contributed by atoms with Gasteiger partial charge in [0.25, 0.3) is 0 Å². The average molecular weight is 483 g/mol. The van der Waals surface area contributed by atoms with E-state index in [2.05, 4.69) is 123 Å². The molecule has 4 aromatic rings. The lowest BCUT2D eigenvalue weighted by Gasteiger charge is -2.03. The van der Waals surface area contributed by atoms with E-state index in [9.17, 15) is 0 Å². The molecule has 0 saturated heterocycles. The van der Waals surface area contributed by atoms with Gasteiger partial charge in [0.1, 0.15) is 0 Å². The second kappa shape index (κ2) is 7.83. The highest BCUT2D eigenvalue weighted by atomic mass is 79.9. The molecule has 0 radical (unpaired) electrons. The standard InChI is InChI=1S/C23H15Br2S/c24-20-10-6-17(7-11-20)22-14-19(16-4-2-1-3-5-16)15-23(26-22)18-8-12-21(25)13-9-18/h1-15H/q+1. The van der Waals surface area contributed by atoms with Crippen LogP contribution in [0.15, 0.2) is 99.9 Å². The lowest BCUT2D eigenvalue weighted by Crippen LogP contribution is -1.83. The molecule has 3 heteroatoms. The Morgan fingerprint density at radius 2 is 0.923 bits per heavy atom. The van der Waals surface area contributed by atoms with Crippen LogP contribution in [-0.2, 0) is 0 Å². The van der Waals surface area contributed by atoms with E-state index < -0.39 is 0 Å². The van der Waals surface area contributed by atoms with E-state index in [-0.39, 0.29) is 0 Å². The van der Waals surface area contributed by atoms with Crippen LogP contribution in [0, 0.1) is 0 Å². The molecule has 0 amide bonds. The number of hydrogen-bond donors (Lipinski definition) is 0. The molecule has 126 valence electrons. The molecular weight excluding hydrogens is 468 g/mol. The maximum Gasteiger partial charge on any atom is 0.239 e. The Morgan fingerprint density at radius 3 is 1.38 bits per heavy atom. The Balaban J connectivity index is 1.89. The van der Waals surface area contributed by atoms with E-state index in [1.165, 1.54) is 32.0 Å². The maximum atomic E-state index is 3.53. The predicted octanol–water partition coefficient (Wildman–Crippen LogP) is 8.56. The average Bonchev–Trinajstić information content (AvgIpc) is 2.69. The van der Waals surface area contributed by atoms with Crippen molar-refractivity contribution in [3.63, 3.8) is 0 Å². The van der Waals surface area contributed by atoms with Gasteiger partial charge in [-0.15, -0.1) is 0 Å². The van der Waals surface area contributed by atoms with Gasteiger partial charge in [0.15, 0.2) is 0 Å². The fourth-order valence-electron chi connectivity index (χ4n) is 2.81. The first-order valence-electron chi connectivity index (χ1n) is 8.24. The zero-order valence-electron chi connectivity index (χ0n) is 13.8. The van der Waals surface area contributed by atoms with E-state index in [0.29, 0.717) is 0 Å². The molecule has 1 aromatic heterocycles. The molecule has 26 heavy (non-hydrogen) atoms. The van der Waals surface area contributed by atoms with Gasteiger partial charge < -0.3 is 0 Å². The van der Waals surface area contributed by atoms with Crippen LogP contribution in [-0.4, -0.2) is 0 Å². The van der Waals surface area contributed by atoms with Crippen molar-refractivity contribution >= 4 is 43.2 Å². The molecule has 4 rings (SSSR count). The van der Waals surface area contributed by atoms with Crippen LogP contribution in [0.1, 0.15) is 0 Å². The zero-order chi connectivity index (χ0) is 17.9. The summed E-state index contributed by atoms with van der Waals surface area (Å²) in [4.78, 5) is 2.52. The molecule has 0 saturated carbocycles. The van der Waals surface area contributed by atoms with Gasteiger partial charge >= 0.3 is 0 Å². The molecule has 0 spiro atoms. The van der Waals surface area contributed by atoms with Crippen molar-refractivity contribution in [2.75, 3.05) is 0 Å². The first-order chi connectivity index (χ1) is 12.7. The van der Waals surface area contributed by atoms with Gasteiger partial charge in [-0.2, -0.15) is 0 Å². The summed E-state index contributed by atoms with van der Waals surface area (Å²) >= 11 is 8.87. The Labute approximate surface area is 174 Å². The van der Waals surface area contributed by atoms with Crippen LogP contribution in [0.2, 0.25) is 0 Å². The van der Waals surface area contributed by atoms with E-state index >= 15 is 0 Å². The Morgan fingerprint density at radius 1 is 0.462 bits per heavy atom. The molecule has 3 aromatic carbocycles. The van der Waals surface area contributed by atoms with Gasteiger partial charge in [0.2, 0.25) is 21.1 Å². The van der Waals surface area contributed by atoms with Crippen molar-refractivity contribution in [3.8, 4) is 32.0 Å². The predicted molar refractivity (Wildman–Crippen MR) is 120 cm³/mol. The summed E-state index contributed by atoms with van der Waals surface area (Å²) in [5.74, 6) is 0. The quantitative estimate of drug-likeness (QED) is 0.256. The summed E-state index contributed by atoms with van der Waals surface area (Å²) in [5, 5.41) is 0. The summed E-state index contributed by atoms with van der Waals surface area (Å²) in [5.41, 5.74) is 4.93. The Hall–Kier alpha value is -1.81. The smallest absolute Gasteiger partial charge is 0.0622 e. The van der Waals surface area contributed by atoms with Gasteiger partial charge in [-0.25, -0.2) is 0 Å². The third kappa shape index (κ3) is 3.96. The Kier molecular flexibility index (Phi) is 5.30. The van der Waals surface area contributed by atoms with Crippen LogP contribution < -0.4 is 0 Å². The van der Waals surface area contributed by atoms with Crippen molar-refractivity contribution in [2.24, 2.45) is 0 Å². The summed E-state index contributed by atoms with van der Waals surface area (Å²) in [6.07, 6.45) is 0. The second-order valence-electron chi connectivity index (χ2n) is 5.95. The lowest BCUT2D eigenvalue weighted by atomic mass is 10.0. The molecular formula is C23H15Br2S+. The number of benzene rings is 3. The van der Waals surface area contributed by atoms with Gasteiger partial charge in [-0.05, 0) is 59.7 Å². The summed E-state index contributed by atoms with van der Waals surface area (Å²) < 4.78 is 2.19. The third-order valence-corrected chi connectivity index (χ3v) is 6.36. The summed E-state index contributed by atoms with van der Waals surface area (Å²) in [6.45, 7) is 0. The minimum atomic E-state index is 1.10. The third-order valence-electron chi connectivity index (χ3n) is 4.16. The fourth-order valence-corrected chi connectivity index (χ4v) is 4.46. The highest BCUT2D eigenvalue weighted by Gasteiger charge is 2.19. The van der Waals surface area contributed by atoms with E-state index in [1.54, 1.807) is 0 Å². The first-order valence-corrected chi connectivity index (χ1v) is 10.6. The van der Waals surface area contributed by atoms with Crippen molar-refractivity contribution in [1.29, 1.82) is 0 Å². The van der Waals surface area contributed by atoms with E-state index in [1.807, 2.05) is 11.3 Å². The minimum absolute atomic E-state index is 1.10. The number of hydrogen-bond acceptors (Lipinski definition) is 0. The molecule has 0 nitrogen and oxygen atoms in total. The monoisotopic (exact) mass is 481 g/mol. The highest BCUT2D eigenvalue weighted by molar-refractivity contribution is 9.10. The molecule has 0 aliphatic carbocycles. The normalized spacial score (nSPS) is 10.7. The molecule has 0 atom stereocenters. The van der Waals surface area contributed by atoms with Crippen LogP contribution in [0.5, 0.6) is 0 Å². The number of halogens is 2. The van der Waals surface area contributed by atoms with Gasteiger partial charge in [0.05, 0.1) is 0 Å². The van der Waals surface area contributed by atoms with Crippen molar-refractivity contribution < 1.29 is 0 Å². The van der Waals surface area contributed by atoms with Crippen LogP contribution in [0.3, 0.4) is 0 Å². The van der Waals surface area contributed by atoms with Crippen LogP contribution >= 0.6 is 43.2 Å². The van der Waals surface area contributed by atoms with Crippen molar-refractivity contribution in [3.05, 3.63) is 99.9 Å². The highest BCUT2D eigenvalue weighted by Crippen LogP contribution is 2.37. The summed E-state index contributed by atoms with van der Waals surface area (Å²) in [7, 11) is 0. The van der Waals surface area contributed by atoms with Crippen LogP contribution in [0.4, 0.5) is 0 Å². The molecule has 0 bridgehead atoms. The van der Waals surface area contributed by atoms with Crippen LogP contribution in [0.25, 0.3) is 32.0 Å². The van der Waals surface area contributed by atoms with Gasteiger partial charge in [-0.1, -0.05) is 62.2 Å². The molecule has 1 heterocycles. The molecule has 0 unspecified atom stereocenters. The Bertz CT molecular complexity index is 960. The SMILES string of the molecule is Brc1ccc(-c2cc(-c3ccccc3)cc(-c3ccc(Br)cc3)[s+]2)cc1. The number of rotatable bonds is 3. The van der Waals surface area contributed by atoms with Gasteiger partial charge in [-0.3, -0.25) is 0 Å².